The first kappa shape index (κ1) is 10.3. The van der Waals surface area contributed by atoms with E-state index in [0.717, 1.165) is 5.57 Å². The largest absolute Gasteiger partial charge is 1.00 e. The van der Waals surface area contributed by atoms with Gasteiger partial charge in [-0.15, -0.1) is 0 Å². The number of allylic oxidation sites excluding steroid dienone is 8. The van der Waals surface area contributed by atoms with Crippen molar-refractivity contribution in [2.24, 2.45) is 5.92 Å². The Hall–Kier alpha value is 0.266. The van der Waals surface area contributed by atoms with Crippen LogP contribution in [0.25, 0.3) is 0 Å². The second kappa shape index (κ2) is 4.49. The van der Waals surface area contributed by atoms with Gasteiger partial charge in [0, 0.05) is 11.5 Å². The van der Waals surface area contributed by atoms with Crippen molar-refractivity contribution in [2.75, 3.05) is 0 Å². The standard InChI is InChI=1S/C10H8O.K.H/c11-10-7-6-8-4-2-1-3-5-9(8)10;;/h1-8H;;/q;+1;-1. The normalized spacial score (nSPS) is 24.5. The zero-order chi connectivity index (χ0) is 7.68. The van der Waals surface area contributed by atoms with Gasteiger partial charge in [0.25, 0.3) is 0 Å². The first-order valence-corrected chi connectivity index (χ1v) is 3.65. The molecule has 0 saturated carbocycles. The molecule has 1 atom stereocenters. The minimum Gasteiger partial charge on any atom is -1.00 e. The number of rotatable bonds is 0. The van der Waals surface area contributed by atoms with Crippen LogP contribution in [-0.2, 0) is 4.79 Å². The summed E-state index contributed by atoms with van der Waals surface area (Å²) in [6.07, 6.45) is 13.3. The fourth-order valence-corrected chi connectivity index (χ4v) is 1.32. The van der Waals surface area contributed by atoms with Crippen LogP contribution in [0.2, 0.25) is 0 Å². The van der Waals surface area contributed by atoms with Crippen molar-refractivity contribution in [3.8, 4) is 0 Å². The van der Waals surface area contributed by atoms with Gasteiger partial charge in [-0.1, -0.05) is 36.5 Å². The third kappa shape index (κ3) is 1.95. The Kier molecular flexibility index (Phi) is 3.87. The summed E-state index contributed by atoms with van der Waals surface area (Å²) in [4.78, 5) is 11.1. The van der Waals surface area contributed by atoms with Crippen LogP contribution in [0.1, 0.15) is 1.43 Å². The summed E-state index contributed by atoms with van der Waals surface area (Å²) < 4.78 is 0. The van der Waals surface area contributed by atoms with Crippen LogP contribution in [0.4, 0.5) is 0 Å². The van der Waals surface area contributed by atoms with Crippen molar-refractivity contribution in [1.82, 2.24) is 0 Å². The molecule has 0 N–H and O–H groups in total. The molecule has 2 aliphatic carbocycles. The van der Waals surface area contributed by atoms with E-state index in [0.29, 0.717) is 0 Å². The molecule has 0 bridgehead atoms. The smallest absolute Gasteiger partial charge is 1.00 e. The molecule has 0 spiro atoms. The number of fused-ring (bicyclic) bond motifs is 1. The first-order chi connectivity index (χ1) is 5.38. The SMILES string of the molecule is O=C1C=CC2C=CC=CC=C12.[H-].[K+]. The van der Waals surface area contributed by atoms with Gasteiger partial charge in [-0.3, -0.25) is 4.79 Å². The van der Waals surface area contributed by atoms with Gasteiger partial charge in [-0.05, 0) is 6.08 Å². The molecule has 0 aliphatic heterocycles. The molecule has 0 amide bonds. The Balaban J connectivity index is 0.000000720. The molecule has 0 radical (unpaired) electrons. The zero-order valence-corrected chi connectivity index (χ0v) is 10.2. The summed E-state index contributed by atoms with van der Waals surface area (Å²) in [5.74, 6) is 0.365. The average molecular weight is 184 g/mol. The van der Waals surface area contributed by atoms with Crippen LogP contribution in [0.15, 0.2) is 48.1 Å². The quantitative estimate of drug-likeness (QED) is 0.437. The third-order valence-corrected chi connectivity index (χ3v) is 1.92. The topological polar surface area (TPSA) is 17.1 Å². The van der Waals surface area contributed by atoms with Crippen LogP contribution in [0.5, 0.6) is 0 Å². The van der Waals surface area contributed by atoms with Crippen molar-refractivity contribution in [3.05, 3.63) is 48.1 Å². The van der Waals surface area contributed by atoms with E-state index >= 15 is 0 Å². The van der Waals surface area contributed by atoms with Gasteiger partial charge in [-0.25, -0.2) is 0 Å². The summed E-state index contributed by atoms with van der Waals surface area (Å²) in [5, 5.41) is 0. The average Bonchev–Trinajstić information content (AvgIpc) is 2.25. The van der Waals surface area contributed by atoms with E-state index in [1.807, 2.05) is 36.5 Å². The predicted octanol–water partition coefficient (Wildman–Crippen LogP) is -1.09. The molecule has 12 heavy (non-hydrogen) atoms. The number of carbonyl (C=O) groups is 1. The molecule has 56 valence electrons. The minimum absolute atomic E-state index is 0. The molecule has 1 nitrogen and oxygen atoms in total. The number of hydrogen-bond acceptors (Lipinski definition) is 1. The molecule has 1 unspecified atom stereocenters. The van der Waals surface area contributed by atoms with Crippen molar-refractivity contribution in [3.63, 3.8) is 0 Å². The van der Waals surface area contributed by atoms with E-state index in [4.69, 9.17) is 0 Å². The van der Waals surface area contributed by atoms with Gasteiger partial charge in [0.2, 0.25) is 0 Å². The van der Waals surface area contributed by atoms with Crippen molar-refractivity contribution in [2.45, 2.75) is 0 Å². The Morgan fingerprint density at radius 2 is 2.00 bits per heavy atom. The van der Waals surface area contributed by atoms with Crippen molar-refractivity contribution < 1.29 is 57.6 Å². The fourth-order valence-electron chi connectivity index (χ4n) is 1.32. The minimum atomic E-state index is 0. The van der Waals surface area contributed by atoms with Crippen LogP contribution in [-0.4, -0.2) is 5.78 Å². The molecule has 2 heteroatoms. The summed E-state index contributed by atoms with van der Waals surface area (Å²) in [6.45, 7) is 0. The summed E-state index contributed by atoms with van der Waals surface area (Å²) >= 11 is 0. The molecule has 2 aliphatic rings. The Labute approximate surface area is 116 Å². The van der Waals surface area contributed by atoms with Gasteiger partial charge >= 0.3 is 51.4 Å². The molecule has 0 aromatic heterocycles. The molecule has 0 saturated heterocycles. The second-order valence-corrected chi connectivity index (χ2v) is 2.64. The van der Waals surface area contributed by atoms with E-state index < -0.39 is 0 Å². The van der Waals surface area contributed by atoms with Gasteiger partial charge in [0.1, 0.15) is 0 Å². The zero-order valence-electron chi connectivity index (χ0n) is 8.03. The number of hydrogen-bond donors (Lipinski definition) is 0. The van der Waals surface area contributed by atoms with Crippen LogP contribution in [0, 0.1) is 5.92 Å². The van der Waals surface area contributed by atoms with Crippen LogP contribution < -0.4 is 51.4 Å². The molecule has 0 aromatic carbocycles. The summed E-state index contributed by atoms with van der Waals surface area (Å²) in [6, 6.07) is 0. The monoisotopic (exact) mass is 184 g/mol. The summed E-state index contributed by atoms with van der Waals surface area (Å²) in [5.41, 5.74) is 0.884. The maximum Gasteiger partial charge on any atom is 1.00 e. The molecule has 0 aromatic rings. The van der Waals surface area contributed by atoms with Gasteiger partial charge < -0.3 is 1.43 Å². The fraction of sp³-hybridized carbons (Fsp3) is 0.100. The molecular formula is C10H9KO. The Morgan fingerprint density at radius 1 is 1.17 bits per heavy atom. The van der Waals surface area contributed by atoms with E-state index in [9.17, 15) is 4.79 Å². The van der Waals surface area contributed by atoms with E-state index in [-0.39, 0.29) is 64.5 Å². The maximum absolute atomic E-state index is 11.1. The van der Waals surface area contributed by atoms with Crippen molar-refractivity contribution >= 4 is 5.78 Å². The third-order valence-electron chi connectivity index (χ3n) is 1.92. The van der Waals surface area contributed by atoms with E-state index in [2.05, 4.69) is 0 Å². The predicted molar refractivity (Wildman–Crippen MR) is 45.1 cm³/mol. The maximum atomic E-state index is 11.1. The second-order valence-electron chi connectivity index (χ2n) is 2.64. The van der Waals surface area contributed by atoms with Crippen molar-refractivity contribution in [1.29, 1.82) is 0 Å². The number of ketones is 1. The first-order valence-electron chi connectivity index (χ1n) is 3.65. The molecule has 2 rings (SSSR count). The van der Waals surface area contributed by atoms with Crippen LogP contribution >= 0.6 is 0 Å². The Morgan fingerprint density at radius 3 is 2.83 bits per heavy atom. The Bertz CT molecular complexity index is 313. The molecular weight excluding hydrogens is 175 g/mol. The van der Waals surface area contributed by atoms with Gasteiger partial charge in [0.05, 0.1) is 0 Å². The summed E-state index contributed by atoms with van der Waals surface area (Å²) in [7, 11) is 0. The number of carbonyl (C=O) groups excluding carboxylic acids is 1. The van der Waals surface area contributed by atoms with Gasteiger partial charge in [0.15, 0.2) is 5.78 Å². The van der Waals surface area contributed by atoms with E-state index in [1.54, 1.807) is 6.08 Å². The van der Waals surface area contributed by atoms with Gasteiger partial charge in [-0.2, -0.15) is 0 Å². The van der Waals surface area contributed by atoms with E-state index in [1.165, 1.54) is 0 Å². The molecule has 0 fully saturated rings. The van der Waals surface area contributed by atoms with Crippen LogP contribution in [0.3, 0.4) is 0 Å². The molecule has 0 heterocycles.